The molecular formula is C17H18F3N3O2. The van der Waals surface area contributed by atoms with Crippen molar-refractivity contribution in [1.29, 1.82) is 0 Å². The number of pyridine rings is 1. The van der Waals surface area contributed by atoms with E-state index in [1.54, 1.807) is 7.11 Å². The van der Waals surface area contributed by atoms with Gasteiger partial charge in [-0.05, 0) is 30.7 Å². The first-order chi connectivity index (χ1) is 11.9. The summed E-state index contributed by atoms with van der Waals surface area (Å²) in [4.78, 5) is 16.0. The molecule has 0 aliphatic carbocycles. The Bertz CT molecular complexity index is 720. The first kappa shape index (κ1) is 18.7. The first-order valence-electron chi connectivity index (χ1n) is 7.58. The number of halogens is 3. The van der Waals surface area contributed by atoms with Crippen molar-refractivity contribution in [3.05, 3.63) is 53.9 Å². The second-order valence-electron chi connectivity index (χ2n) is 5.20. The quantitative estimate of drug-likeness (QED) is 0.747. The van der Waals surface area contributed by atoms with Gasteiger partial charge in [0.25, 0.3) is 5.91 Å². The van der Waals surface area contributed by atoms with E-state index in [4.69, 9.17) is 4.74 Å². The molecule has 0 radical (unpaired) electrons. The van der Waals surface area contributed by atoms with E-state index in [2.05, 4.69) is 15.6 Å². The number of ether oxygens (including phenoxy) is 1. The monoisotopic (exact) mass is 353 g/mol. The average Bonchev–Trinajstić information content (AvgIpc) is 2.58. The summed E-state index contributed by atoms with van der Waals surface area (Å²) in [5, 5.41) is 5.36. The van der Waals surface area contributed by atoms with Crippen LogP contribution in [0.4, 0.5) is 24.5 Å². The van der Waals surface area contributed by atoms with Gasteiger partial charge in [0, 0.05) is 32.1 Å². The van der Waals surface area contributed by atoms with Gasteiger partial charge < -0.3 is 15.4 Å². The van der Waals surface area contributed by atoms with Gasteiger partial charge in [0.15, 0.2) is 0 Å². The van der Waals surface area contributed by atoms with Gasteiger partial charge in [-0.25, -0.2) is 0 Å². The highest BCUT2D eigenvalue weighted by molar-refractivity contribution is 5.93. The fourth-order valence-corrected chi connectivity index (χ4v) is 2.14. The first-order valence-corrected chi connectivity index (χ1v) is 7.58. The van der Waals surface area contributed by atoms with Crippen LogP contribution in [0.1, 0.15) is 22.5 Å². The summed E-state index contributed by atoms with van der Waals surface area (Å²) in [6.45, 7) is 0.937. The van der Waals surface area contributed by atoms with Crippen molar-refractivity contribution < 1.29 is 22.7 Å². The molecule has 134 valence electrons. The van der Waals surface area contributed by atoms with Crippen LogP contribution in [0.5, 0.6) is 0 Å². The molecule has 1 heterocycles. The minimum Gasteiger partial charge on any atom is -0.385 e. The summed E-state index contributed by atoms with van der Waals surface area (Å²) in [7, 11) is 1.57. The van der Waals surface area contributed by atoms with E-state index < -0.39 is 17.6 Å². The number of carbonyl (C=O) groups is 1. The third-order valence-electron chi connectivity index (χ3n) is 3.31. The number of amides is 1. The molecule has 2 aromatic rings. The molecule has 0 atom stereocenters. The average molecular weight is 353 g/mol. The van der Waals surface area contributed by atoms with Crippen LogP contribution in [0.3, 0.4) is 0 Å². The summed E-state index contributed by atoms with van der Waals surface area (Å²) in [6.07, 6.45) is -2.46. The van der Waals surface area contributed by atoms with Gasteiger partial charge in [-0.2, -0.15) is 13.2 Å². The lowest BCUT2D eigenvalue weighted by Gasteiger charge is -2.14. The topological polar surface area (TPSA) is 63.2 Å². The minimum absolute atomic E-state index is 0.0901. The highest BCUT2D eigenvalue weighted by atomic mass is 19.4. The van der Waals surface area contributed by atoms with Gasteiger partial charge in [0.1, 0.15) is 5.69 Å². The summed E-state index contributed by atoms with van der Waals surface area (Å²) < 4.78 is 44.0. The fraction of sp³-hybridized carbons (Fsp3) is 0.294. The van der Waals surface area contributed by atoms with Crippen molar-refractivity contribution in [2.24, 2.45) is 0 Å². The standard InChI is InChI=1S/C17H18F3N3O2/c1-25-10-4-8-22-16(24)15-11-12(7-9-21-15)23-14-6-3-2-5-13(14)17(18,19)20/h2-3,5-7,9,11H,4,8,10H2,1H3,(H,21,23)(H,22,24). The Morgan fingerprint density at radius 3 is 2.72 bits per heavy atom. The number of aromatic nitrogens is 1. The van der Waals surface area contributed by atoms with Crippen LogP contribution in [0.25, 0.3) is 0 Å². The molecule has 0 bridgehead atoms. The van der Waals surface area contributed by atoms with E-state index in [1.165, 1.54) is 36.5 Å². The number of anilines is 2. The molecule has 2 N–H and O–H groups in total. The Kier molecular flexibility index (Phi) is 6.35. The number of nitrogens with zero attached hydrogens (tertiary/aromatic N) is 1. The lowest BCUT2D eigenvalue weighted by Crippen LogP contribution is -2.26. The smallest absolute Gasteiger partial charge is 0.385 e. The number of hydrogen-bond acceptors (Lipinski definition) is 4. The Balaban J connectivity index is 2.11. The fourth-order valence-electron chi connectivity index (χ4n) is 2.14. The number of benzene rings is 1. The molecule has 1 amide bonds. The number of nitrogens with one attached hydrogen (secondary N) is 2. The summed E-state index contributed by atoms with van der Waals surface area (Å²) in [6, 6.07) is 8.04. The third kappa shape index (κ3) is 5.46. The number of para-hydroxylation sites is 1. The summed E-state index contributed by atoms with van der Waals surface area (Å²) in [5.41, 5.74) is -0.411. The molecular weight excluding hydrogens is 335 g/mol. The molecule has 0 saturated carbocycles. The molecule has 25 heavy (non-hydrogen) atoms. The van der Waals surface area contributed by atoms with E-state index >= 15 is 0 Å². The second-order valence-corrected chi connectivity index (χ2v) is 5.20. The van der Waals surface area contributed by atoms with E-state index in [1.807, 2.05) is 0 Å². The third-order valence-corrected chi connectivity index (χ3v) is 3.31. The molecule has 0 saturated heterocycles. The normalized spacial score (nSPS) is 11.2. The summed E-state index contributed by atoms with van der Waals surface area (Å²) >= 11 is 0. The van der Waals surface area contributed by atoms with Gasteiger partial charge in [-0.1, -0.05) is 12.1 Å². The van der Waals surface area contributed by atoms with Crippen LogP contribution in [-0.4, -0.2) is 31.2 Å². The van der Waals surface area contributed by atoms with Crippen molar-refractivity contribution in [3.63, 3.8) is 0 Å². The van der Waals surface area contributed by atoms with Crippen LogP contribution < -0.4 is 10.6 Å². The van der Waals surface area contributed by atoms with E-state index in [0.29, 0.717) is 25.3 Å². The number of hydrogen-bond donors (Lipinski definition) is 2. The maximum Gasteiger partial charge on any atom is 0.418 e. The highest BCUT2D eigenvalue weighted by Crippen LogP contribution is 2.35. The van der Waals surface area contributed by atoms with Crippen LogP contribution >= 0.6 is 0 Å². The van der Waals surface area contributed by atoms with Crippen LogP contribution in [0.2, 0.25) is 0 Å². The SMILES string of the molecule is COCCCNC(=O)c1cc(Nc2ccccc2C(F)(F)F)ccn1. The predicted octanol–water partition coefficient (Wildman–Crippen LogP) is 3.61. The lowest BCUT2D eigenvalue weighted by atomic mass is 10.1. The van der Waals surface area contributed by atoms with Gasteiger partial charge in [-0.3, -0.25) is 9.78 Å². The van der Waals surface area contributed by atoms with Crippen LogP contribution in [0, 0.1) is 0 Å². The van der Waals surface area contributed by atoms with Crippen molar-refractivity contribution in [3.8, 4) is 0 Å². The highest BCUT2D eigenvalue weighted by Gasteiger charge is 2.33. The Morgan fingerprint density at radius 2 is 2.00 bits per heavy atom. The largest absolute Gasteiger partial charge is 0.418 e. The zero-order chi connectivity index (χ0) is 18.3. The molecule has 1 aromatic carbocycles. The van der Waals surface area contributed by atoms with E-state index in [9.17, 15) is 18.0 Å². The van der Waals surface area contributed by atoms with Gasteiger partial charge in [0.05, 0.1) is 11.3 Å². The molecule has 5 nitrogen and oxygen atoms in total. The van der Waals surface area contributed by atoms with Crippen LogP contribution in [0.15, 0.2) is 42.6 Å². The molecule has 1 aromatic heterocycles. The molecule has 8 heteroatoms. The van der Waals surface area contributed by atoms with Crippen molar-refractivity contribution in [2.45, 2.75) is 12.6 Å². The van der Waals surface area contributed by atoms with Gasteiger partial charge in [-0.15, -0.1) is 0 Å². The second kappa shape index (κ2) is 8.48. The van der Waals surface area contributed by atoms with Crippen LogP contribution in [-0.2, 0) is 10.9 Å². The van der Waals surface area contributed by atoms with Crippen molar-refractivity contribution in [1.82, 2.24) is 10.3 Å². The number of alkyl halides is 3. The minimum atomic E-state index is -4.47. The zero-order valence-corrected chi connectivity index (χ0v) is 13.6. The van der Waals surface area contributed by atoms with E-state index in [-0.39, 0.29) is 11.4 Å². The Labute approximate surface area is 143 Å². The lowest BCUT2D eigenvalue weighted by molar-refractivity contribution is -0.136. The van der Waals surface area contributed by atoms with Crippen molar-refractivity contribution >= 4 is 17.3 Å². The van der Waals surface area contributed by atoms with Gasteiger partial charge >= 0.3 is 6.18 Å². The molecule has 2 rings (SSSR count). The van der Waals surface area contributed by atoms with Gasteiger partial charge in [0.2, 0.25) is 0 Å². The van der Waals surface area contributed by atoms with Crippen molar-refractivity contribution in [2.75, 3.05) is 25.6 Å². The number of rotatable bonds is 7. The van der Waals surface area contributed by atoms with E-state index in [0.717, 1.165) is 6.07 Å². The Hall–Kier alpha value is -2.61. The maximum atomic E-state index is 13.0. The predicted molar refractivity (Wildman–Crippen MR) is 87.8 cm³/mol. The molecule has 0 fully saturated rings. The Morgan fingerprint density at radius 1 is 1.24 bits per heavy atom. The molecule has 0 aliphatic rings. The number of carbonyl (C=O) groups excluding carboxylic acids is 1. The number of methoxy groups -OCH3 is 1. The zero-order valence-electron chi connectivity index (χ0n) is 13.6. The molecule has 0 unspecified atom stereocenters. The molecule has 0 aliphatic heterocycles. The maximum absolute atomic E-state index is 13.0. The molecule has 0 spiro atoms. The summed E-state index contributed by atoms with van der Waals surface area (Å²) in [5.74, 6) is -0.399.